The SMILES string of the molecule is CCOc1ccc(N(CC(=O)N(Cc2ccccc2Cl)C(Cc2ccccc2)C(=O)NC2CCCCC2)S(=O)(=O)c2ccccc2)cc1. The van der Waals surface area contributed by atoms with Gasteiger partial charge in [-0.3, -0.25) is 13.9 Å². The topological polar surface area (TPSA) is 96.0 Å². The van der Waals surface area contributed by atoms with Crippen LogP contribution < -0.4 is 14.4 Å². The highest BCUT2D eigenvalue weighted by Gasteiger charge is 2.35. The minimum absolute atomic E-state index is 0.0105. The van der Waals surface area contributed by atoms with Gasteiger partial charge in [-0.05, 0) is 73.4 Å². The summed E-state index contributed by atoms with van der Waals surface area (Å²) in [5.74, 6) is -0.236. The third kappa shape index (κ3) is 8.96. The fourth-order valence-electron chi connectivity index (χ4n) is 6.03. The highest BCUT2D eigenvalue weighted by Crippen LogP contribution is 2.28. The quantitative estimate of drug-likeness (QED) is 0.154. The van der Waals surface area contributed by atoms with E-state index in [2.05, 4.69) is 5.32 Å². The number of sulfonamides is 1. The van der Waals surface area contributed by atoms with E-state index in [0.29, 0.717) is 28.6 Å². The van der Waals surface area contributed by atoms with E-state index in [1.807, 2.05) is 49.4 Å². The fourth-order valence-corrected chi connectivity index (χ4v) is 7.66. The molecule has 252 valence electrons. The van der Waals surface area contributed by atoms with Crippen LogP contribution >= 0.6 is 11.6 Å². The van der Waals surface area contributed by atoms with Gasteiger partial charge in [-0.15, -0.1) is 0 Å². The molecule has 4 aromatic rings. The Kier molecular flexibility index (Phi) is 12.1. The van der Waals surface area contributed by atoms with Gasteiger partial charge in [0.2, 0.25) is 11.8 Å². The van der Waals surface area contributed by atoms with Gasteiger partial charge in [-0.2, -0.15) is 0 Å². The van der Waals surface area contributed by atoms with Gasteiger partial charge in [0.1, 0.15) is 18.3 Å². The predicted molar refractivity (Wildman–Crippen MR) is 190 cm³/mol. The largest absolute Gasteiger partial charge is 0.494 e. The van der Waals surface area contributed by atoms with Crippen molar-refractivity contribution in [1.29, 1.82) is 0 Å². The van der Waals surface area contributed by atoms with Crippen molar-refractivity contribution in [3.05, 3.63) is 125 Å². The number of halogens is 1. The number of nitrogens with zero attached hydrogens (tertiary/aromatic N) is 2. The molecule has 0 spiro atoms. The summed E-state index contributed by atoms with van der Waals surface area (Å²) in [5.41, 5.74) is 1.81. The van der Waals surface area contributed by atoms with Gasteiger partial charge in [0, 0.05) is 24.0 Å². The molecule has 1 unspecified atom stereocenters. The van der Waals surface area contributed by atoms with Crippen LogP contribution in [0, 0.1) is 0 Å². The smallest absolute Gasteiger partial charge is 0.264 e. The van der Waals surface area contributed by atoms with Gasteiger partial charge in [-0.1, -0.05) is 97.6 Å². The molecule has 1 saturated carbocycles. The Morgan fingerprint density at radius 1 is 0.854 bits per heavy atom. The lowest BCUT2D eigenvalue weighted by molar-refractivity contribution is -0.140. The second-order valence-electron chi connectivity index (χ2n) is 11.9. The zero-order valence-electron chi connectivity index (χ0n) is 27.1. The Morgan fingerprint density at radius 2 is 1.48 bits per heavy atom. The van der Waals surface area contributed by atoms with Crippen LogP contribution in [0.5, 0.6) is 5.75 Å². The van der Waals surface area contributed by atoms with Gasteiger partial charge in [-0.25, -0.2) is 8.42 Å². The summed E-state index contributed by atoms with van der Waals surface area (Å²) in [6.45, 7) is 1.78. The van der Waals surface area contributed by atoms with Crippen molar-refractivity contribution in [3.8, 4) is 5.75 Å². The molecule has 10 heteroatoms. The molecule has 2 amide bonds. The number of rotatable bonds is 14. The molecule has 4 aromatic carbocycles. The Morgan fingerprint density at radius 3 is 2.12 bits per heavy atom. The molecule has 1 atom stereocenters. The standard InChI is InChI=1S/C38H42ClN3O5S/c1-2-47-33-24-22-32(23-25-33)42(48(45,46)34-19-10-5-11-20-34)28-37(43)41(27-30-16-12-13-21-35(30)39)36(26-29-14-6-3-7-15-29)38(44)40-31-17-8-4-9-18-31/h3,5-7,10-16,19-25,31,36H,2,4,8-9,17-18,26-28H2,1H3,(H,40,44). The highest BCUT2D eigenvalue weighted by atomic mass is 35.5. The van der Waals surface area contributed by atoms with Crippen LogP contribution in [0.15, 0.2) is 114 Å². The number of carbonyl (C=O) groups excluding carboxylic acids is 2. The maximum atomic E-state index is 14.7. The monoisotopic (exact) mass is 687 g/mol. The summed E-state index contributed by atoms with van der Waals surface area (Å²) >= 11 is 6.61. The molecule has 0 saturated heterocycles. The van der Waals surface area contributed by atoms with Crippen molar-refractivity contribution in [2.24, 2.45) is 0 Å². The van der Waals surface area contributed by atoms with E-state index >= 15 is 0 Å². The predicted octanol–water partition coefficient (Wildman–Crippen LogP) is 7.02. The molecule has 48 heavy (non-hydrogen) atoms. The molecule has 0 aliphatic heterocycles. The Labute approximate surface area is 288 Å². The van der Waals surface area contributed by atoms with E-state index in [9.17, 15) is 18.0 Å². The Hall–Kier alpha value is -4.34. The summed E-state index contributed by atoms with van der Waals surface area (Å²) in [5, 5.41) is 3.67. The van der Waals surface area contributed by atoms with E-state index in [1.165, 1.54) is 17.0 Å². The van der Waals surface area contributed by atoms with Crippen LogP contribution in [0.3, 0.4) is 0 Å². The number of hydrogen-bond donors (Lipinski definition) is 1. The first kappa shape index (κ1) is 35.0. The average molecular weight is 688 g/mol. The summed E-state index contributed by atoms with van der Waals surface area (Å²) in [6, 6.07) is 30.4. The molecule has 0 heterocycles. The average Bonchev–Trinajstić information content (AvgIpc) is 3.11. The van der Waals surface area contributed by atoms with Crippen molar-refractivity contribution in [2.45, 2.75) is 69.0 Å². The van der Waals surface area contributed by atoms with Crippen molar-refractivity contribution in [1.82, 2.24) is 10.2 Å². The normalized spacial score (nSPS) is 14.1. The number of amides is 2. The van der Waals surface area contributed by atoms with Gasteiger partial charge in [0.15, 0.2) is 0 Å². The lowest BCUT2D eigenvalue weighted by Crippen LogP contribution is -2.55. The van der Waals surface area contributed by atoms with Crippen LogP contribution in [0.4, 0.5) is 5.69 Å². The molecular formula is C38H42ClN3O5S. The van der Waals surface area contributed by atoms with Crippen LogP contribution in [-0.2, 0) is 32.6 Å². The Balaban J connectivity index is 1.56. The molecular weight excluding hydrogens is 646 g/mol. The number of anilines is 1. The summed E-state index contributed by atoms with van der Waals surface area (Å²) in [6.07, 6.45) is 5.19. The lowest BCUT2D eigenvalue weighted by Gasteiger charge is -2.35. The molecule has 8 nitrogen and oxygen atoms in total. The maximum Gasteiger partial charge on any atom is 0.264 e. The van der Waals surface area contributed by atoms with E-state index in [-0.39, 0.29) is 29.8 Å². The minimum atomic E-state index is -4.20. The van der Waals surface area contributed by atoms with Crippen molar-refractivity contribution < 1.29 is 22.7 Å². The van der Waals surface area contributed by atoms with Gasteiger partial charge >= 0.3 is 0 Å². The van der Waals surface area contributed by atoms with E-state index in [4.69, 9.17) is 16.3 Å². The van der Waals surface area contributed by atoms with Crippen LogP contribution in [-0.4, -0.2) is 50.4 Å². The van der Waals surface area contributed by atoms with Gasteiger partial charge in [0.05, 0.1) is 17.2 Å². The first-order valence-corrected chi connectivity index (χ1v) is 18.3. The van der Waals surface area contributed by atoms with E-state index in [1.54, 1.807) is 54.6 Å². The van der Waals surface area contributed by atoms with E-state index in [0.717, 1.165) is 42.0 Å². The second kappa shape index (κ2) is 16.7. The summed E-state index contributed by atoms with van der Waals surface area (Å²) < 4.78 is 35.1. The van der Waals surface area contributed by atoms with Crippen LogP contribution in [0.25, 0.3) is 0 Å². The zero-order valence-corrected chi connectivity index (χ0v) is 28.7. The third-order valence-corrected chi connectivity index (χ3v) is 10.7. The third-order valence-electron chi connectivity index (χ3n) is 8.57. The Bertz CT molecular complexity index is 1750. The zero-order chi connectivity index (χ0) is 33.9. The number of hydrogen-bond acceptors (Lipinski definition) is 5. The van der Waals surface area contributed by atoms with Crippen molar-refractivity contribution in [3.63, 3.8) is 0 Å². The first-order chi connectivity index (χ1) is 23.3. The molecule has 0 bridgehead atoms. The molecule has 1 N–H and O–H groups in total. The van der Waals surface area contributed by atoms with Gasteiger partial charge in [0.25, 0.3) is 10.0 Å². The lowest BCUT2D eigenvalue weighted by atomic mass is 9.94. The molecule has 5 rings (SSSR count). The second-order valence-corrected chi connectivity index (χ2v) is 14.2. The highest BCUT2D eigenvalue weighted by molar-refractivity contribution is 7.92. The minimum Gasteiger partial charge on any atom is -0.494 e. The van der Waals surface area contributed by atoms with Crippen LogP contribution in [0.2, 0.25) is 5.02 Å². The van der Waals surface area contributed by atoms with Crippen LogP contribution in [0.1, 0.15) is 50.2 Å². The number of benzene rings is 4. The number of ether oxygens (including phenoxy) is 1. The van der Waals surface area contributed by atoms with Crippen molar-refractivity contribution >= 4 is 39.1 Å². The number of nitrogens with one attached hydrogen (secondary N) is 1. The molecule has 1 aliphatic carbocycles. The summed E-state index contributed by atoms with van der Waals surface area (Å²) in [4.78, 5) is 30.4. The van der Waals surface area contributed by atoms with Gasteiger partial charge < -0.3 is 15.0 Å². The molecule has 1 aliphatic rings. The molecule has 1 fully saturated rings. The first-order valence-electron chi connectivity index (χ1n) is 16.4. The summed E-state index contributed by atoms with van der Waals surface area (Å²) in [7, 11) is -4.20. The van der Waals surface area contributed by atoms with E-state index < -0.39 is 28.5 Å². The number of carbonyl (C=O) groups is 2. The molecule has 0 aromatic heterocycles. The fraction of sp³-hybridized carbons (Fsp3) is 0.316. The van der Waals surface area contributed by atoms with Crippen molar-refractivity contribution in [2.75, 3.05) is 17.5 Å². The molecule has 0 radical (unpaired) electrons. The maximum absolute atomic E-state index is 14.7.